The fourth-order valence-electron chi connectivity index (χ4n) is 3.57. The summed E-state index contributed by atoms with van der Waals surface area (Å²) in [6.45, 7) is 2.30. The Morgan fingerprint density at radius 1 is 1.00 bits per heavy atom. The van der Waals surface area contributed by atoms with E-state index < -0.39 is 0 Å². The molecular formula is C16H24N2. The Bertz CT molecular complexity index is 402. The van der Waals surface area contributed by atoms with Gasteiger partial charge in [-0.1, -0.05) is 43.5 Å². The molecule has 1 aliphatic carbocycles. The highest BCUT2D eigenvalue weighted by atomic mass is 15.2. The Hall–Kier alpha value is -0.860. The molecule has 0 aromatic heterocycles. The molecule has 2 atom stereocenters. The first-order chi connectivity index (χ1) is 8.84. The lowest BCUT2D eigenvalue weighted by Gasteiger charge is -2.38. The third kappa shape index (κ3) is 2.45. The van der Waals surface area contributed by atoms with E-state index in [4.69, 9.17) is 5.73 Å². The SMILES string of the molecule is NC1CCCCCC1N1CCc2ccccc2C1. The summed E-state index contributed by atoms with van der Waals surface area (Å²) < 4.78 is 0. The van der Waals surface area contributed by atoms with Gasteiger partial charge in [-0.3, -0.25) is 4.90 Å². The molecule has 0 spiro atoms. The molecule has 2 heteroatoms. The summed E-state index contributed by atoms with van der Waals surface area (Å²) >= 11 is 0. The van der Waals surface area contributed by atoms with Crippen LogP contribution < -0.4 is 5.73 Å². The van der Waals surface area contributed by atoms with Crippen molar-refractivity contribution in [1.29, 1.82) is 0 Å². The van der Waals surface area contributed by atoms with Crippen molar-refractivity contribution >= 4 is 0 Å². The van der Waals surface area contributed by atoms with Crippen molar-refractivity contribution in [2.24, 2.45) is 5.73 Å². The topological polar surface area (TPSA) is 29.3 Å². The van der Waals surface area contributed by atoms with Gasteiger partial charge in [0.2, 0.25) is 0 Å². The smallest absolute Gasteiger partial charge is 0.0250 e. The van der Waals surface area contributed by atoms with Gasteiger partial charge in [-0.05, 0) is 30.4 Å². The molecule has 0 saturated heterocycles. The van der Waals surface area contributed by atoms with Crippen LogP contribution in [0.4, 0.5) is 0 Å². The molecule has 1 heterocycles. The van der Waals surface area contributed by atoms with Crippen molar-refractivity contribution in [3.8, 4) is 0 Å². The third-order valence-electron chi connectivity index (χ3n) is 4.66. The minimum atomic E-state index is 0.387. The normalized spacial score (nSPS) is 29.6. The van der Waals surface area contributed by atoms with Crippen LogP contribution in [0.2, 0.25) is 0 Å². The summed E-state index contributed by atoms with van der Waals surface area (Å²) in [6, 6.07) is 9.88. The van der Waals surface area contributed by atoms with Crippen LogP contribution in [0, 0.1) is 0 Å². The van der Waals surface area contributed by atoms with Crippen molar-refractivity contribution < 1.29 is 0 Å². The van der Waals surface area contributed by atoms with Gasteiger partial charge < -0.3 is 5.73 Å². The van der Waals surface area contributed by atoms with E-state index in [1.54, 1.807) is 0 Å². The first kappa shape index (κ1) is 12.2. The highest BCUT2D eigenvalue weighted by Crippen LogP contribution is 2.26. The zero-order valence-corrected chi connectivity index (χ0v) is 11.1. The van der Waals surface area contributed by atoms with Crippen molar-refractivity contribution in [3.05, 3.63) is 35.4 Å². The standard InChI is InChI=1S/C16H24N2/c17-15-8-2-1-3-9-16(15)18-11-10-13-6-4-5-7-14(13)12-18/h4-7,15-16H,1-3,8-12,17H2. The van der Waals surface area contributed by atoms with Crippen molar-refractivity contribution in [1.82, 2.24) is 4.90 Å². The highest BCUT2D eigenvalue weighted by molar-refractivity contribution is 5.29. The van der Waals surface area contributed by atoms with Crippen LogP contribution in [0.15, 0.2) is 24.3 Å². The molecule has 18 heavy (non-hydrogen) atoms. The highest BCUT2D eigenvalue weighted by Gasteiger charge is 2.28. The van der Waals surface area contributed by atoms with Crippen LogP contribution in [0.3, 0.4) is 0 Å². The molecule has 2 nitrogen and oxygen atoms in total. The molecule has 0 amide bonds. The number of benzene rings is 1. The summed E-state index contributed by atoms with van der Waals surface area (Å²) in [6.07, 6.45) is 7.75. The fraction of sp³-hybridized carbons (Fsp3) is 0.625. The predicted molar refractivity (Wildman–Crippen MR) is 75.4 cm³/mol. The lowest BCUT2D eigenvalue weighted by Crippen LogP contribution is -2.48. The van der Waals surface area contributed by atoms with E-state index in [1.165, 1.54) is 56.2 Å². The fourth-order valence-corrected chi connectivity index (χ4v) is 3.57. The number of fused-ring (bicyclic) bond motifs is 1. The number of hydrogen-bond acceptors (Lipinski definition) is 2. The largest absolute Gasteiger partial charge is 0.326 e. The van der Waals surface area contributed by atoms with E-state index in [-0.39, 0.29) is 0 Å². The van der Waals surface area contributed by atoms with Crippen LogP contribution >= 0.6 is 0 Å². The van der Waals surface area contributed by atoms with Crippen LogP contribution in [0.5, 0.6) is 0 Å². The molecule has 1 saturated carbocycles. The Kier molecular flexibility index (Phi) is 3.67. The average molecular weight is 244 g/mol. The summed E-state index contributed by atoms with van der Waals surface area (Å²) in [7, 11) is 0. The molecule has 2 unspecified atom stereocenters. The zero-order valence-electron chi connectivity index (χ0n) is 11.1. The number of nitrogens with two attached hydrogens (primary N) is 1. The predicted octanol–water partition coefficient (Wildman–Crippen LogP) is 2.70. The Morgan fingerprint density at radius 3 is 2.67 bits per heavy atom. The second-order valence-corrected chi connectivity index (χ2v) is 5.86. The number of rotatable bonds is 1. The van der Waals surface area contributed by atoms with E-state index in [0.29, 0.717) is 12.1 Å². The first-order valence-electron chi connectivity index (χ1n) is 7.41. The van der Waals surface area contributed by atoms with Gasteiger partial charge in [-0.15, -0.1) is 0 Å². The summed E-state index contributed by atoms with van der Waals surface area (Å²) in [5.74, 6) is 0. The maximum atomic E-state index is 6.39. The van der Waals surface area contributed by atoms with Gasteiger partial charge in [-0.25, -0.2) is 0 Å². The summed E-state index contributed by atoms with van der Waals surface area (Å²) in [4.78, 5) is 2.64. The van der Waals surface area contributed by atoms with Gasteiger partial charge in [0.25, 0.3) is 0 Å². The summed E-state index contributed by atoms with van der Waals surface area (Å²) in [5.41, 5.74) is 9.44. The Balaban J connectivity index is 1.74. The van der Waals surface area contributed by atoms with Crippen LogP contribution in [-0.4, -0.2) is 23.5 Å². The first-order valence-corrected chi connectivity index (χ1v) is 7.41. The minimum Gasteiger partial charge on any atom is -0.326 e. The van der Waals surface area contributed by atoms with E-state index >= 15 is 0 Å². The second kappa shape index (κ2) is 5.41. The quantitative estimate of drug-likeness (QED) is 0.770. The van der Waals surface area contributed by atoms with Crippen molar-refractivity contribution in [3.63, 3.8) is 0 Å². The Morgan fingerprint density at radius 2 is 1.78 bits per heavy atom. The van der Waals surface area contributed by atoms with E-state index in [2.05, 4.69) is 29.2 Å². The minimum absolute atomic E-state index is 0.387. The van der Waals surface area contributed by atoms with Gasteiger partial charge in [0.05, 0.1) is 0 Å². The molecule has 1 aromatic rings. The molecule has 1 aliphatic heterocycles. The molecule has 3 rings (SSSR count). The molecule has 2 N–H and O–H groups in total. The maximum absolute atomic E-state index is 6.39. The lowest BCUT2D eigenvalue weighted by molar-refractivity contribution is 0.147. The molecule has 2 aliphatic rings. The van der Waals surface area contributed by atoms with Crippen LogP contribution in [-0.2, 0) is 13.0 Å². The second-order valence-electron chi connectivity index (χ2n) is 5.86. The van der Waals surface area contributed by atoms with E-state index in [9.17, 15) is 0 Å². The number of hydrogen-bond donors (Lipinski definition) is 1. The van der Waals surface area contributed by atoms with Gasteiger partial charge in [0.15, 0.2) is 0 Å². The molecular weight excluding hydrogens is 220 g/mol. The van der Waals surface area contributed by atoms with Crippen LogP contribution in [0.25, 0.3) is 0 Å². The zero-order chi connectivity index (χ0) is 12.4. The van der Waals surface area contributed by atoms with Gasteiger partial charge in [-0.2, -0.15) is 0 Å². The van der Waals surface area contributed by atoms with Crippen molar-refractivity contribution in [2.75, 3.05) is 6.54 Å². The number of nitrogens with zero attached hydrogens (tertiary/aromatic N) is 1. The maximum Gasteiger partial charge on any atom is 0.0250 e. The Labute approximate surface area is 110 Å². The molecule has 0 bridgehead atoms. The molecule has 0 radical (unpaired) electrons. The summed E-state index contributed by atoms with van der Waals surface area (Å²) in [5, 5.41) is 0. The lowest BCUT2D eigenvalue weighted by atomic mass is 9.95. The third-order valence-corrected chi connectivity index (χ3v) is 4.66. The monoisotopic (exact) mass is 244 g/mol. The molecule has 98 valence electrons. The average Bonchev–Trinajstić information content (AvgIpc) is 2.63. The van der Waals surface area contributed by atoms with Gasteiger partial charge in [0, 0.05) is 25.2 Å². The van der Waals surface area contributed by atoms with Crippen LogP contribution in [0.1, 0.15) is 43.2 Å². The van der Waals surface area contributed by atoms with Gasteiger partial charge >= 0.3 is 0 Å². The van der Waals surface area contributed by atoms with Crippen molar-refractivity contribution in [2.45, 2.75) is 57.2 Å². The van der Waals surface area contributed by atoms with E-state index in [1.807, 2.05) is 0 Å². The molecule has 1 aromatic carbocycles. The van der Waals surface area contributed by atoms with E-state index in [0.717, 1.165) is 6.54 Å². The molecule has 1 fully saturated rings. The van der Waals surface area contributed by atoms with Gasteiger partial charge in [0.1, 0.15) is 0 Å².